The van der Waals surface area contributed by atoms with Crippen molar-refractivity contribution in [2.45, 2.75) is 13.1 Å². The molecular weight excluding hydrogens is 230 g/mol. The van der Waals surface area contributed by atoms with Crippen LogP contribution in [0.15, 0.2) is 52.2 Å². The minimum absolute atomic E-state index is 0.0616. The van der Waals surface area contributed by atoms with Crippen LogP contribution in [0.25, 0.3) is 0 Å². The van der Waals surface area contributed by atoms with Crippen molar-refractivity contribution in [2.24, 2.45) is 0 Å². The van der Waals surface area contributed by atoms with Crippen molar-refractivity contribution in [3.8, 4) is 6.07 Å². The molecule has 0 radical (unpaired) electrons. The van der Waals surface area contributed by atoms with Crippen LogP contribution in [0.1, 0.15) is 5.56 Å². The van der Waals surface area contributed by atoms with Gasteiger partial charge in [0.2, 0.25) is 0 Å². The van der Waals surface area contributed by atoms with Crippen LogP contribution in [-0.4, -0.2) is 9.13 Å². The van der Waals surface area contributed by atoms with Crippen LogP contribution in [0.5, 0.6) is 0 Å². The molecule has 5 nitrogen and oxygen atoms in total. The van der Waals surface area contributed by atoms with Crippen LogP contribution in [0.2, 0.25) is 0 Å². The Balaban J connectivity index is 2.45. The molecule has 0 atom stereocenters. The van der Waals surface area contributed by atoms with E-state index in [1.54, 1.807) is 0 Å². The lowest BCUT2D eigenvalue weighted by molar-refractivity contribution is 0.621. The average Bonchev–Trinajstić information content (AvgIpc) is 2.39. The number of hydrogen-bond donors (Lipinski definition) is 0. The van der Waals surface area contributed by atoms with Crippen molar-refractivity contribution < 1.29 is 0 Å². The van der Waals surface area contributed by atoms with E-state index in [1.807, 2.05) is 36.4 Å². The van der Waals surface area contributed by atoms with E-state index in [-0.39, 0.29) is 18.6 Å². The second-order valence-corrected chi connectivity index (χ2v) is 3.79. The van der Waals surface area contributed by atoms with Gasteiger partial charge in [-0.05, 0) is 5.56 Å². The summed E-state index contributed by atoms with van der Waals surface area (Å²) < 4.78 is 2.33. The predicted octanol–water partition coefficient (Wildman–Crippen LogP) is 0.582. The van der Waals surface area contributed by atoms with E-state index in [4.69, 9.17) is 5.26 Å². The number of nitrogens with zero attached hydrogens (tertiary/aromatic N) is 3. The molecule has 0 unspecified atom stereocenters. The molecule has 1 heterocycles. The van der Waals surface area contributed by atoms with Crippen LogP contribution in [0.4, 0.5) is 0 Å². The molecule has 0 saturated heterocycles. The Bertz CT molecular complexity index is 693. The van der Waals surface area contributed by atoms with Gasteiger partial charge in [-0.2, -0.15) is 5.26 Å². The maximum absolute atomic E-state index is 12.0. The van der Waals surface area contributed by atoms with Crippen molar-refractivity contribution in [1.82, 2.24) is 9.13 Å². The molecule has 0 fully saturated rings. The van der Waals surface area contributed by atoms with E-state index in [1.165, 1.54) is 16.8 Å². The smallest absolute Gasteiger partial charge is 0.287 e. The van der Waals surface area contributed by atoms with Gasteiger partial charge in [0, 0.05) is 12.3 Å². The summed E-state index contributed by atoms with van der Waals surface area (Å²) in [6.07, 6.45) is 1.34. The van der Waals surface area contributed by atoms with Gasteiger partial charge in [-0.1, -0.05) is 30.3 Å². The van der Waals surface area contributed by atoms with Crippen molar-refractivity contribution in [3.63, 3.8) is 0 Å². The van der Waals surface area contributed by atoms with Crippen LogP contribution in [0, 0.1) is 11.3 Å². The largest absolute Gasteiger partial charge is 0.332 e. The molecule has 0 N–H and O–H groups in total. The molecule has 1 aromatic heterocycles. The number of aromatic nitrogens is 2. The monoisotopic (exact) mass is 241 g/mol. The van der Waals surface area contributed by atoms with E-state index in [0.29, 0.717) is 0 Å². The second kappa shape index (κ2) is 5.15. The Kier molecular flexibility index (Phi) is 3.39. The molecule has 2 aromatic rings. The summed E-state index contributed by atoms with van der Waals surface area (Å²) >= 11 is 0. The lowest BCUT2D eigenvalue weighted by Gasteiger charge is -2.07. The molecule has 0 aliphatic carbocycles. The molecule has 5 heteroatoms. The molecule has 0 aliphatic rings. The Morgan fingerprint density at radius 1 is 1.11 bits per heavy atom. The highest BCUT2D eigenvalue weighted by Gasteiger charge is 2.05. The Morgan fingerprint density at radius 3 is 2.50 bits per heavy atom. The van der Waals surface area contributed by atoms with Gasteiger partial charge in [-0.3, -0.25) is 13.9 Å². The van der Waals surface area contributed by atoms with E-state index in [9.17, 15) is 9.59 Å². The Labute approximate surface area is 103 Å². The zero-order chi connectivity index (χ0) is 13.0. The van der Waals surface area contributed by atoms with Gasteiger partial charge >= 0.3 is 5.69 Å². The van der Waals surface area contributed by atoms with E-state index in [2.05, 4.69) is 0 Å². The first-order chi connectivity index (χ1) is 8.72. The normalized spacial score (nSPS) is 9.94. The van der Waals surface area contributed by atoms with Gasteiger partial charge in [-0.15, -0.1) is 0 Å². The summed E-state index contributed by atoms with van der Waals surface area (Å²) in [5.74, 6) is 0. The first-order valence-electron chi connectivity index (χ1n) is 5.43. The summed E-state index contributed by atoms with van der Waals surface area (Å²) in [6.45, 7) is 0.151. The molecular formula is C13H11N3O2. The fraction of sp³-hybridized carbons (Fsp3) is 0.154. The third-order valence-corrected chi connectivity index (χ3v) is 2.56. The maximum atomic E-state index is 12.0. The topological polar surface area (TPSA) is 67.8 Å². The van der Waals surface area contributed by atoms with Crippen LogP contribution in [0.3, 0.4) is 0 Å². The zero-order valence-corrected chi connectivity index (χ0v) is 9.61. The minimum atomic E-state index is -0.465. The molecule has 0 aliphatic heterocycles. The van der Waals surface area contributed by atoms with Crippen molar-refractivity contribution in [1.29, 1.82) is 5.26 Å². The summed E-state index contributed by atoms with van der Waals surface area (Å²) in [6, 6.07) is 12.4. The highest BCUT2D eigenvalue weighted by Crippen LogP contribution is 1.98. The SMILES string of the molecule is N#CCn1ccc(=O)n(Cc2ccccc2)c1=O. The molecule has 90 valence electrons. The molecule has 2 rings (SSSR count). The van der Waals surface area contributed by atoms with Crippen molar-refractivity contribution >= 4 is 0 Å². The molecule has 1 aromatic carbocycles. The van der Waals surface area contributed by atoms with Gasteiger partial charge in [0.05, 0.1) is 12.6 Å². The predicted molar refractivity (Wildman–Crippen MR) is 66.1 cm³/mol. The van der Waals surface area contributed by atoms with Gasteiger partial charge in [-0.25, -0.2) is 4.79 Å². The highest BCUT2D eigenvalue weighted by atomic mass is 16.2. The summed E-state index contributed by atoms with van der Waals surface area (Å²) in [4.78, 5) is 23.6. The Hall–Kier alpha value is -2.61. The van der Waals surface area contributed by atoms with Gasteiger partial charge in [0.25, 0.3) is 5.56 Å². The van der Waals surface area contributed by atoms with Gasteiger partial charge in [0.1, 0.15) is 6.54 Å². The molecule has 0 amide bonds. The highest BCUT2D eigenvalue weighted by molar-refractivity contribution is 5.15. The number of hydrogen-bond acceptors (Lipinski definition) is 3. The zero-order valence-electron chi connectivity index (χ0n) is 9.61. The third-order valence-electron chi connectivity index (χ3n) is 2.56. The molecule has 0 saturated carbocycles. The van der Waals surface area contributed by atoms with Crippen LogP contribution >= 0.6 is 0 Å². The molecule has 18 heavy (non-hydrogen) atoms. The van der Waals surface area contributed by atoms with Crippen LogP contribution < -0.4 is 11.2 Å². The summed E-state index contributed by atoms with van der Waals surface area (Å²) in [7, 11) is 0. The first-order valence-corrected chi connectivity index (χ1v) is 5.43. The first kappa shape index (κ1) is 11.9. The number of rotatable bonds is 3. The summed E-state index contributed by atoms with van der Waals surface area (Å²) in [5, 5.41) is 8.60. The standard InChI is InChI=1S/C13H11N3O2/c14-7-9-15-8-6-12(17)16(13(15)18)10-11-4-2-1-3-5-11/h1-6,8H,9-10H2. The van der Waals surface area contributed by atoms with E-state index < -0.39 is 5.69 Å². The minimum Gasteiger partial charge on any atom is -0.287 e. The Morgan fingerprint density at radius 2 is 1.83 bits per heavy atom. The fourth-order valence-corrected chi connectivity index (χ4v) is 1.66. The summed E-state index contributed by atoms with van der Waals surface area (Å²) in [5.41, 5.74) is 0.0392. The van der Waals surface area contributed by atoms with Crippen LogP contribution in [-0.2, 0) is 13.1 Å². The van der Waals surface area contributed by atoms with Crippen molar-refractivity contribution in [3.05, 3.63) is 69.0 Å². The fourth-order valence-electron chi connectivity index (χ4n) is 1.66. The molecule has 0 spiro atoms. The lowest BCUT2D eigenvalue weighted by Crippen LogP contribution is -2.39. The number of nitriles is 1. The average molecular weight is 241 g/mol. The number of benzene rings is 1. The van der Waals surface area contributed by atoms with Gasteiger partial charge in [0.15, 0.2) is 0 Å². The maximum Gasteiger partial charge on any atom is 0.332 e. The lowest BCUT2D eigenvalue weighted by atomic mass is 10.2. The quantitative estimate of drug-likeness (QED) is 0.789. The third kappa shape index (κ3) is 2.38. The van der Waals surface area contributed by atoms with E-state index in [0.717, 1.165) is 10.1 Å². The van der Waals surface area contributed by atoms with Gasteiger partial charge < -0.3 is 0 Å². The second-order valence-electron chi connectivity index (χ2n) is 3.79. The van der Waals surface area contributed by atoms with E-state index >= 15 is 0 Å². The van der Waals surface area contributed by atoms with Crippen molar-refractivity contribution in [2.75, 3.05) is 0 Å². The molecule has 0 bridgehead atoms.